The summed E-state index contributed by atoms with van der Waals surface area (Å²) in [4.78, 5) is 13.8. The predicted molar refractivity (Wildman–Crippen MR) is 76.1 cm³/mol. The van der Waals surface area contributed by atoms with E-state index in [9.17, 15) is 4.79 Å². The molecule has 1 aromatic rings. The Balaban J connectivity index is 0.00000162. The third kappa shape index (κ3) is 3.61. The monoisotopic (exact) mass is 288 g/mol. The molecule has 1 amide bonds. The molecular formula is C13H18Cl2N2O. The number of hydrogen-bond donors (Lipinski definition) is 1. The van der Waals surface area contributed by atoms with Gasteiger partial charge in [-0.15, -0.1) is 12.4 Å². The van der Waals surface area contributed by atoms with Gasteiger partial charge in [-0.05, 0) is 43.6 Å². The Morgan fingerprint density at radius 2 is 1.94 bits per heavy atom. The first kappa shape index (κ1) is 15.3. The van der Waals surface area contributed by atoms with Gasteiger partial charge in [0.15, 0.2) is 0 Å². The summed E-state index contributed by atoms with van der Waals surface area (Å²) in [7, 11) is 0. The van der Waals surface area contributed by atoms with Crippen LogP contribution in [0.5, 0.6) is 0 Å². The molecule has 0 saturated carbocycles. The van der Waals surface area contributed by atoms with E-state index in [1.165, 1.54) is 6.42 Å². The first-order chi connectivity index (χ1) is 8.18. The minimum Gasteiger partial charge on any atom is -0.368 e. The predicted octanol–water partition coefficient (Wildman–Crippen LogP) is 2.77. The van der Waals surface area contributed by atoms with Gasteiger partial charge in [0, 0.05) is 5.02 Å². The highest BCUT2D eigenvalue weighted by atomic mass is 35.5. The van der Waals surface area contributed by atoms with E-state index in [0.29, 0.717) is 5.02 Å². The molecule has 2 rings (SSSR count). The fourth-order valence-corrected chi connectivity index (χ4v) is 2.61. The normalized spacial score (nSPS) is 17.8. The number of primary amides is 1. The van der Waals surface area contributed by atoms with Crippen LogP contribution in [0.4, 0.5) is 0 Å². The maximum Gasteiger partial charge on any atom is 0.239 e. The number of carbonyl (C=O) groups excluding carboxylic acids is 1. The third-order valence-electron chi connectivity index (χ3n) is 3.19. The Morgan fingerprint density at radius 1 is 1.28 bits per heavy atom. The topological polar surface area (TPSA) is 46.3 Å². The molecule has 0 aromatic heterocycles. The maximum atomic E-state index is 11.6. The lowest BCUT2D eigenvalue weighted by Crippen LogP contribution is -2.40. The number of likely N-dealkylation sites (tertiary alicyclic amines) is 1. The van der Waals surface area contributed by atoms with Gasteiger partial charge in [0.1, 0.15) is 6.04 Å². The molecule has 1 fully saturated rings. The van der Waals surface area contributed by atoms with E-state index in [4.69, 9.17) is 17.3 Å². The number of rotatable bonds is 3. The summed E-state index contributed by atoms with van der Waals surface area (Å²) in [6.07, 6.45) is 3.49. The zero-order valence-corrected chi connectivity index (χ0v) is 11.7. The van der Waals surface area contributed by atoms with Gasteiger partial charge in [-0.2, -0.15) is 0 Å². The Kier molecular flexibility index (Phi) is 5.93. The summed E-state index contributed by atoms with van der Waals surface area (Å²) >= 11 is 5.96. The van der Waals surface area contributed by atoms with E-state index in [-0.39, 0.29) is 24.4 Å². The zero-order valence-electron chi connectivity index (χ0n) is 10.1. The molecule has 18 heavy (non-hydrogen) atoms. The quantitative estimate of drug-likeness (QED) is 0.930. The van der Waals surface area contributed by atoms with E-state index in [1.807, 2.05) is 18.2 Å². The van der Waals surface area contributed by atoms with Crippen molar-refractivity contribution in [2.45, 2.75) is 25.3 Å². The number of benzene rings is 1. The summed E-state index contributed by atoms with van der Waals surface area (Å²) in [6, 6.07) is 7.06. The fourth-order valence-electron chi connectivity index (χ4n) is 2.41. The van der Waals surface area contributed by atoms with E-state index >= 15 is 0 Å². The molecule has 0 radical (unpaired) electrons. The number of piperidine rings is 1. The molecule has 2 N–H and O–H groups in total. The van der Waals surface area contributed by atoms with Gasteiger partial charge >= 0.3 is 0 Å². The van der Waals surface area contributed by atoms with Crippen LogP contribution in [0, 0.1) is 0 Å². The van der Waals surface area contributed by atoms with E-state index in [1.54, 1.807) is 6.07 Å². The lowest BCUT2D eigenvalue weighted by Gasteiger charge is -2.32. The van der Waals surface area contributed by atoms with Crippen LogP contribution in [0.1, 0.15) is 30.9 Å². The number of halogens is 2. The van der Waals surface area contributed by atoms with Gasteiger partial charge in [0.05, 0.1) is 0 Å². The first-order valence-corrected chi connectivity index (χ1v) is 6.35. The van der Waals surface area contributed by atoms with Gasteiger partial charge in [0.2, 0.25) is 5.91 Å². The molecule has 1 heterocycles. The van der Waals surface area contributed by atoms with Crippen LogP contribution < -0.4 is 5.73 Å². The summed E-state index contributed by atoms with van der Waals surface area (Å²) < 4.78 is 0. The average molecular weight is 289 g/mol. The summed E-state index contributed by atoms with van der Waals surface area (Å²) in [6.45, 7) is 1.86. The van der Waals surface area contributed by atoms with Crippen molar-refractivity contribution in [3.05, 3.63) is 34.9 Å². The van der Waals surface area contributed by atoms with Crippen LogP contribution in [-0.4, -0.2) is 23.9 Å². The van der Waals surface area contributed by atoms with E-state index < -0.39 is 0 Å². The molecule has 3 nitrogen and oxygen atoms in total. The Labute approximate surface area is 119 Å². The SMILES string of the molecule is Cl.NC(=O)C(c1cccc(Cl)c1)N1CCCCC1. The maximum absolute atomic E-state index is 11.6. The standard InChI is InChI=1S/C13H17ClN2O.ClH/c14-11-6-4-5-10(9-11)12(13(15)17)16-7-2-1-3-8-16;/h4-6,9,12H,1-3,7-8H2,(H2,15,17);1H. The van der Waals surface area contributed by atoms with E-state index in [0.717, 1.165) is 31.5 Å². The van der Waals surface area contributed by atoms with Gasteiger partial charge in [0.25, 0.3) is 0 Å². The molecule has 1 unspecified atom stereocenters. The average Bonchev–Trinajstić information content (AvgIpc) is 2.30. The van der Waals surface area contributed by atoms with Crippen LogP contribution in [0.15, 0.2) is 24.3 Å². The van der Waals surface area contributed by atoms with Crippen molar-refractivity contribution < 1.29 is 4.79 Å². The van der Waals surface area contributed by atoms with Crippen molar-refractivity contribution in [3.63, 3.8) is 0 Å². The minimum absolute atomic E-state index is 0. The summed E-state index contributed by atoms with van der Waals surface area (Å²) in [5, 5.41) is 0.644. The van der Waals surface area contributed by atoms with Crippen LogP contribution >= 0.6 is 24.0 Å². The molecule has 5 heteroatoms. The molecule has 1 aromatic carbocycles. The molecular weight excluding hydrogens is 271 g/mol. The number of nitrogens with two attached hydrogens (primary N) is 1. The summed E-state index contributed by atoms with van der Waals surface area (Å²) in [5.41, 5.74) is 6.42. The first-order valence-electron chi connectivity index (χ1n) is 5.97. The van der Waals surface area contributed by atoms with Gasteiger partial charge in [-0.3, -0.25) is 9.69 Å². The number of hydrogen-bond acceptors (Lipinski definition) is 2. The van der Waals surface area contributed by atoms with Crippen molar-refractivity contribution in [2.24, 2.45) is 5.73 Å². The summed E-state index contributed by atoms with van der Waals surface area (Å²) in [5.74, 6) is -0.297. The van der Waals surface area contributed by atoms with E-state index in [2.05, 4.69) is 4.90 Å². The second-order valence-electron chi connectivity index (χ2n) is 4.46. The molecule has 1 aliphatic rings. The molecule has 1 aliphatic heterocycles. The molecule has 1 saturated heterocycles. The number of nitrogens with zero attached hydrogens (tertiary/aromatic N) is 1. The molecule has 0 aliphatic carbocycles. The van der Waals surface area contributed by atoms with Crippen molar-refractivity contribution in [1.82, 2.24) is 4.90 Å². The minimum atomic E-state index is -0.339. The van der Waals surface area contributed by atoms with Crippen LogP contribution in [0.25, 0.3) is 0 Å². The molecule has 0 spiro atoms. The van der Waals surface area contributed by atoms with Crippen molar-refractivity contribution in [1.29, 1.82) is 0 Å². The zero-order chi connectivity index (χ0) is 12.3. The lowest BCUT2D eigenvalue weighted by atomic mass is 10.0. The highest BCUT2D eigenvalue weighted by Crippen LogP contribution is 2.26. The third-order valence-corrected chi connectivity index (χ3v) is 3.42. The smallest absolute Gasteiger partial charge is 0.239 e. The fraction of sp³-hybridized carbons (Fsp3) is 0.462. The second-order valence-corrected chi connectivity index (χ2v) is 4.89. The number of amides is 1. The van der Waals surface area contributed by atoms with Crippen molar-refractivity contribution in [3.8, 4) is 0 Å². The van der Waals surface area contributed by atoms with Crippen LogP contribution in [0.3, 0.4) is 0 Å². The molecule has 1 atom stereocenters. The van der Waals surface area contributed by atoms with Crippen LogP contribution in [-0.2, 0) is 4.79 Å². The Hall–Kier alpha value is -0.770. The number of carbonyl (C=O) groups is 1. The van der Waals surface area contributed by atoms with Gasteiger partial charge < -0.3 is 5.73 Å². The largest absolute Gasteiger partial charge is 0.368 e. The molecule has 0 bridgehead atoms. The lowest BCUT2D eigenvalue weighted by molar-refractivity contribution is -0.123. The van der Waals surface area contributed by atoms with Gasteiger partial charge in [-0.25, -0.2) is 0 Å². The van der Waals surface area contributed by atoms with Crippen LogP contribution in [0.2, 0.25) is 5.02 Å². The highest BCUT2D eigenvalue weighted by Gasteiger charge is 2.26. The molecule has 100 valence electrons. The Morgan fingerprint density at radius 3 is 2.50 bits per heavy atom. The van der Waals surface area contributed by atoms with Gasteiger partial charge in [-0.1, -0.05) is 30.2 Å². The van der Waals surface area contributed by atoms with Crippen molar-refractivity contribution >= 4 is 29.9 Å². The van der Waals surface area contributed by atoms with Crippen molar-refractivity contribution in [2.75, 3.05) is 13.1 Å². The highest BCUT2D eigenvalue weighted by molar-refractivity contribution is 6.30. The second kappa shape index (κ2) is 6.98. The Bertz CT molecular complexity index is 406.